The topological polar surface area (TPSA) is 75.9 Å². The predicted octanol–water partition coefficient (Wildman–Crippen LogP) is 2.04. The normalized spacial score (nSPS) is 13.8. The minimum Gasteiger partial charge on any atom is -0.384 e. The van der Waals surface area contributed by atoms with Crippen LogP contribution in [-0.4, -0.2) is 31.9 Å². The second-order valence-electron chi connectivity index (χ2n) is 4.89. The first-order valence-electron chi connectivity index (χ1n) is 6.49. The van der Waals surface area contributed by atoms with E-state index in [0.29, 0.717) is 12.5 Å². The summed E-state index contributed by atoms with van der Waals surface area (Å²) in [5.74, 6) is 0.497. The minimum atomic E-state index is -0.979. The highest BCUT2D eigenvalue weighted by atomic mass is 32.1. The van der Waals surface area contributed by atoms with Gasteiger partial charge in [-0.05, 0) is 51.9 Å². The number of para-hydroxylation sites is 1. The molecule has 2 N–H and O–H groups in total. The van der Waals surface area contributed by atoms with E-state index < -0.39 is 5.60 Å². The van der Waals surface area contributed by atoms with Crippen LogP contribution in [0.4, 0.5) is 5.95 Å². The van der Waals surface area contributed by atoms with Gasteiger partial charge in [0.25, 0.3) is 0 Å². The molecule has 0 saturated carbocycles. The molecule has 1 aromatic carbocycles. The molecule has 7 heteroatoms. The first-order chi connectivity index (χ1) is 10.2. The minimum absolute atomic E-state index is 0.316. The lowest BCUT2D eigenvalue weighted by Crippen LogP contribution is -2.31. The molecule has 3 aromatic rings. The highest BCUT2D eigenvalue weighted by Gasteiger charge is 2.24. The molecule has 1 unspecified atom stereocenters. The summed E-state index contributed by atoms with van der Waals surface area (Å²) >= 11 is 1.56. The van der Waals surface area contributed by atoms with E-state index in [1.54, 1.807) is 22.9 Å². The second kappa shape index (κ2) is 5.63. The Bertz CT molecular complexity index is 693. The van der Waals surface area contributed by atoms with Gasteiger partial charge in [0.2, 0.25) is 5.95 Å². The SMILES string of the molecule is CC(O)(CNc1nnnn1-c1ccccc1)c1ccsc1. The van der Waals surface area contributed by atoms with Gasteiger partial charge in [-0.15, -0.1) is 0 Å². The van der Waals surface area contributed by atoms with Crippen LogP contribution in [0, 0.1) is 0 Å². The summed E-state index contributed by atoms with van der Waals surface area (Å²) in [6.45, 7) is 2.08. The van der Waals surface area contributed by atoms with Gasteiger partial charge in [0, 0.05) is 0 Å². The third-order valence-electron chi connectivity index (χ3n) is 3.20. The Morgan fingerprint density at radius 1 is 1.29 bits per heavy atom. The maximum atomic E-state index is 10.5. The quantitative estimate of drug-likeness (QED) is 0.754. The molecule has 108 valence electrons. The predicted molar refractivity (Wildman–Crippen MR) is 81.5 cm³/mol. The molecule has 0 radical (unpaired) electrons. The fraction of sp³-hybridized carbons (Fsp3) is 0.214. The number of aliphatic hydroxyl groups is 1. The van der Waals surface area contributed by atoms with Crippen LogP contribution in [0.2, 0.25) is 0 Å². The molecular weight excluding hydrogens is 286 g/mol. The molecule has 0 fully saturated rings. The van der Waals surface area contributed by atoms with Crippen molar-refractivity contribution in [1.82, 2.24) is 20.2 Å². The fourth-order valence-corrected chi connectivity index (χ4v) is 2.75. The number of hydrogen-bond donors (Lipinski definition) is 2. The summed E-state index contributed by atoms with van der Waals surface area (Å²) in [6.07, 6.45) is 0. The lowest BCUT2D eigenvalue weighted by Gasteiger charge is -2.22. The third kappa shape index (κ3) is 2.93. The van der Waals surface area contributed by atoms with Crippen LogP contribution < -0.4 is 5.32 Å². The molecule has 0 spiro atoms. The molecule has 0 aliphatic heterocycles. The van der Waals surface area contributed by atoms with Crippen LogP contribution in [0.3, 0.4) is 0 Å². The van der Waals surface area contributed by atoms with Crippen molar-refractivity contribution in [3.63, 3.8) is 0 Å². The van der Waals surface area contributed by atoms with Gasteiger partial charge in [0.1, 0.15) is 5.60 Å². The molecule has 3 rings (SSSR count). The average Bonchev–Trinajstić information content (AvgIpc) is 3.18. The zero-order chi connectivity index (χ0) is 14.7. The Morgan fingerprint density at radius 3 is 2.81 bits per heavy atom. The van der Waals surface area contributed by atoms with E-state index in [2.05, 4.69) is 20.8 Å². The van der Waals surface area contributed by atoms with Crippen molar-refractivity contribution in [2.75, 3.05) is 11.9 Å². The standard InChI is InChI=1S/C14H15N5OS/c1-14(20,11-7-8-21-9-11)10-15-13-16-17-18-19(13)12-5-3-2-4-6-12/h2-9,20H,10H2,1H3,(H,15,16,18). The number of anilines is 1. The Labute approximate surface area is 126 Å². The van der Waals surface area contributed by atoms with Gasteiger partial charge in [-0.2, -0.15) is 16.0 Å². The Morgan fingerprint density at radius 2 is 2.10 bits per heavy atom. The van der Waals surface area contributed by atoms with Crippen molar-refractivity contribution >= 4 is 17.3 Å². The van der Waals surface area contributed by atoms with Crippen LogP contribution in [0.25, 0.3) is 5.69 Å². The monoisotopic (exact) mass is 301 g/mol. The van der Waals surface area contributed by atoms with Crippen molar-refractivity contribution in [3.05, 3.63) is 52.7 Å². The second-order valence-corrected chi connectivity index (χ2v) is 5.67. The number of nitrogens with one attached hydrogen (secondary N) is 1. The number of hydrogen-bond acceptors (Lipinski definition) is 6. The molecule has 2 aromatic heterocycles. The van der Waals surface area contributed by atoms with E-state index in [9.17, 15) is 5.11 Å². The summed E-state index contributed by atoms with van der Waals surface area (Å²) in [5.41, 5.74) is 0.756. The third-order valence-corrected chi connectivity index (χ3v) is 3.89. The average molecular weight is 301 g/mol. The van der Waals surface area contributed by atoms with E-state index in [4.69, 9.17) is 0 Å². The van der Waals surface area contributed by atoms with E-state index in [0.717, 1.165) is 11.3 Å². The maximum Gasteiger partial charge on any atom is 0.247 e. The lowest BCUT2D eigenvalue weighted by molar-refractivity contribution is 0.0717. The van der Waals surface area contributed by atoms with Crippen LogP contribution in [0.15, 0.2) is 47.2 Å². The first kappa shape index (κ1) is 13.7. The molecule has 0 amide bonds. The van der Waals surface area contributed by atoms with E-state index >= 15 is 0 Å². The summed E-state index contributed by atoms with van der Waals surface area (Å²) in [6, 6.07) is 11.5. The van der Waals surface area contributed by atoms with Gasteiger partial charge < -0.3 is 10.4 Å². The zero-order valence-electron chi connectivity index (χ0n) is 11.5. The molecule has 0 aliphatic carbocycles. The summed E-state index contributed by atoms with van der Waals surface area (Å²) in [4.78, 5) is 0. The summed E-state index contributed by atoms with van der Waals surface area (Å²) < 4.78 is 1.60. The Kier molecular flexibility index (Phi) is 3.68. The van der Waals surface area contributed by atoms with Crippen molar-refractivity contribution in [1.29, 1.82) is 0 Å². The Hall–Kier alpha value is -2.25. The fourth-order valence-electron chi connectivity index (χ4n) is 1.96. The molecule has 6 nitrogen and oxygen atoms in total. The Balaban J connectivity index is 1.77. The summed E-state index contributed by atoms with van der Waals surface area (Å²) in [7, 11) is 0. The lowest BCUT2D eigenvalue weighted by atomic mass is 9.99. The maximum absolute atomic E-state index is 10.5. The van der Waals surface area contributed by atoms with E-state index in [-0.39, 0.29) is 0 Å². The molecule has 0 aliphatic rings. The number of aromatic nitrogens is 4. The van der Waals surface area contributed by atoms with E-state index in [1.807, 2.05) is 47.2 Å². The van der Waals surface area contributed by atoms with Crippen molar-refractivity contribution in [2.45, 2.75) is 12.5 Å². The summed E-state index contributed by atoms with van der Waals surface area (Å²) in [5, 5.41) is 29.1. The largest absolute Gasteiger partial charge is 0.384 e. The number of tetrazole rings is 1. The van der Waals surface area contributed by atoms with Gasteiger partial charge in [-0.25, -0.2) is 0 Å². The molecule has 21 heavy (non-hydrogen) atoms. The van der Waals surface area contributed by atoms with Crippen LogP contribution in [0.1, 0.15) is 12.5 Å². The zero-order valence-corrected chi connectivity index (χ0v) is 12.3. The number of benzene rings is 1. The van der Waals surface area contributed by atoms with Gasteiger partial charge in [0.05, 0.1) is 12.2 Å². The van der Waals surface area contributed by atoms with Gasteiger partial charge in [0.15, 0.2) is 0 Å². The van der Waals surface area contributed by atoms with E-state index in [1.165, 1.54) is 0 Å². The van der Waals surface area contributed by atoms with Gasteiger partial charge in [-0.1, -0.05) is 23.3 Å². The van der Waals surface area contributed by atoms with Crippen LogP contribution >= 0.6 is 11.3 Å². The number of nitrogens with zero attached hydrogens (tertiary/aromatic N) is 4. The van der Waals surface area contributed by atoms with Crippen molar-refractivity contribution in [3.8, 4) is 5.69 Å². The molecule has 2 heterocycles. The van der Waals surface area contributed by atoms with Crippen molar-refractivity contribution in [2.24, 2.45) is 0 Å². The van der Waals surface area contributed by atoms with Crippen LogP contribution in [-0.2, 0) is 5.60 Å². The highest BCUT2D eigenvalue weighted by Crippen LogP contribution is 2.23. The van der Waals surface area contributed by atoms with Crippen molar-refractivity contribution < 1.29 is 5.11 Å². The first-order valence-corrected chi connectivity index (χ1v) is 7.44. The molecule has 0 bridgehead atoms. The molecule has 0 saturated heterocycles. The molecular formula is C14H15N5OS. The van der Waals surface area contributed by atoms with Gasteiger partial charge in [-0.3, -0.25) is 0 Å². The number of thiophene rings is 1. The van der Waals surface area contributed by atoms with Crippen LogP contribution in [0.5, 0.6) is 0 Å². The van der Waals surface area contributed by atoms with Gasteiger partial charge >= 0.3 is 0 Å². The highest BCUT2D eigenvalue weighted by molar-refractivity contribution is 7.08. The molecule has 1 atom stereocenters. The number of rotatable bonds is 5. The smallest absolute Gasteiger partial charge is 0.247 e.